The Bertz CT molecular complexity index is 1440. The van der Waals surface area contributed by atoms with Gasteiger partial charge in [-0.05, 0) is 68.1 Å². The summed E-state index contributed by atoms with van der Waals surface area (Å²) in [6.45, 7) is 2.57. The highest BCUT2D eigenvalue weighted by Gasteiger charge is 2.38. The van der Waals surface area contributed by atoms with Crippen LogP contribution in [0.15, 0.2) is 60.8 Å². The van der Waals surface area contributed by atoms with Crippen molar-refractivity contribution < 1.29 is 40.7 Å². The summed E-state index contributed by atoms with van der Waals surface area (Å²) in [5.74, 6) is 1.12. The van der Waals surface area contributed by atoms with Crippen molar-refractivity contribution >= 4 is 22.9 Å². The monoisotopic (exact) mass is 625 g/mol. The van der Waals surface area contributed by atoms with E-state index in [1.807, 2.05) is 6.07 Å². The Morgan fingerprint density at radius 2 is 1.50 bits per heavy atom. The number of rotatable bonds is 8. The van der Waals surface area contributed by atoms with Crippen molar-refractivity contribution in [2.75, 3.05) is 41.3 Å². The van der Waals surface area contributed by atoms with Gasteiger partial charge < -0.3 is 24.6 Å². The Labute approximate surface area is 248 Å². The normalized spacial score (nSPS) is 19.4. The molecule has 236 valence electrons. The molecule has 2 fully saturated rings. The van der Waals surface area contributed by atoms with Gasteiger partial charge in [0.15, 0.2) is 0 Å². The van der Waals surface area contributed by atoms with Gasteiger partial charge in [0, 0.05) is 61.9 Å². The number of ether oxygens (including phenoxy) is 2. The molecule has 1 N–H and O–H groups in total. The Morgan fingerprint density at radius 3 is 2.11 bits per heavy atom. The number of nitrogens with zero attached hydrogens (tertiary/aromatic N) is 4. The molecule has 0 spiro atoms. The summed E-state index contributed by atoms with van der Waals surface area (Å²) in [4.78, 5) is 18.6. The second kappa shape index (κ2) is 12.7. The van der Waals surface area contributed by atoms with E-state index in [4.69, 9.17) is 4.74 Å². The molecule has 2 heterocycles. The first-order valence-electron chi connectivity index (χ1n) is 13.9. The Hall–Kier alpha value is -4.43. The number of alkyl halides is 6. The molecule has 1 saturated heterocycles. The number of halogens is 6. The minimum atomic E-state index is -4.84. The fourth-order valence-corrected chi connectivity index (χ4v) is 5.46. The van der Waals surface area contributed by atoms with Gasteiger partial charge in [0.25, 0.3) is 5.69 Å². The highest BCUT2D eigenvalue weighted by molar-refractivity contribution is 5.56. The third-order valence-corrected chi connectivity index (χ3v) is 7.60. The first-order chi connectivity index (χ1) is 20.8. The largest absolute Gasteiger partial charge is 0.573 e. The number of nitrogens with one attached hydrogen (secondary N) is 1. The van der Waals surface area contributed by atoms with Crippen LogP contribution < -0.4 is 24.6 Å². The van der Waals surface area contributed by atoms with Gasteiger partial charge in [-0.15, -0.1) is 13.2 Å². The van der Waals surface area contributed by atoms with Gasteiger partial charge in [0.1, 0.15) is 22.9 Å². The third-order valence-electron chi connectivity index (χ3n) is 7.60. The second-order valence-corrected chi connectivity index (χ2v) is 10.6. The van der Waals surface area contributed by atoms with Gasteiger partial charge in [0.2, 0.25) is 0 Å². The van der Waals surface area contributed by atoms with Crippen LogP contribution in [0, 0.1) is 10.1 Å². The van der Waals surface area contributed by atoms with Crippen molar-refractivity contribution in [3.8, 4) is 11.5 Å². The lowest BCUT2D eigenvalue weighted by Crippen LogP contribution is -2.46. The van der Waals surface area contributed by atoms with E-state index in [1.54, 1.807) is 24.4 Å². The van der Waals surface area contributed by atoms with Gasteiger partial charge in [-0.2, -0.15) is 13.2 Å². The summed E-state index contributed by atoms with van der Waals surface area (Å²) in [5, 5.41) is 14.1. The van der Waals surface area contributed by atoms with E-state index in [9.17, 15) is 36.5 Å². The molecule has 2 aliphatic rings. The summed E-state index contributed by atoms with van der Waals surface area (Å²) in [7, 11) is 0. The number of nitro groups is 1. The van der Waals surface area contributed by atoms with Gasteiger partial charge in [-0.3, -0.25) is 10.1 Å². The standard InChI is InChI=1S/C29H29F6N5O4/c30-28(31,32)25-17-20(3-10-26(25)40(41)42)37-19-1-6-22(7-2-19)43-24-11-12-36-27(18-24)39-15-13-38(14-16-39)21-4-8-23(9-5-21)44-29(33,34)35/h3-5,8-12,17-19,22,37H,1-2,6-7,13-16H2/t19-,22-. The van der Waals surface area contributed by atoms with Crippen LogP contribution in [0.25, 0.3) is 0 Å². The number of benzene rings is 2. The summed E-state index contributed by atoms with van der Waals surface area (Å²) in [5.41, 5.74) is -1.29. The molecular formula is C29H29F6N5O4. The summed E-state index contributed by atoms with van der Waals surface area (Å²) < 4.78 is 87.4. The number of pyridine rings is 1. The summed E-state index contributed by atoms with van der Waals surface area (Å²) >= 11 is 0. The van der Waals surface area contributed by atoms with E-state index in [1.165, 1.54) is 18.2 Å². The van der Waals surface area contributed by atoms with E-state index >= 15 is 0 Å². The van der Waals surface area contributed by atoms with Gasteiger partial charge in [-0.25, -0.2) is 4.98 Å². The lowest BCUT2D eigenvalue weighted by atomic mass is 9.92. The fourth-order valence-electron chi connectivity index (χ4n) is 5.46. The maximum absolute atomic E-state index is 13.3. The van der Waals surface area contributed by atoms with Crippen LogP contribution in [0.4, 0.5) is 49.2 Å². The van der Waals surface area contributed by atoms with Crippen LogP contribution in [-0.4, -0.2) is 54.6 Å². The number of hydrogen-bond donors (Lipinski definition) is 1. The topological polar surface area (TPSA) is 93.0 Å². The molecule has 1 aliphatic heterocycles. The Morgan fingerprint density at radius 1 is 0.841 bits per heavy atom. The maximum atomic E-state index is 13.3. The summed E-state index contributed by atoms with van der Waals surface area (Å²) in [6, 6.07) is 12.2. The SMILES string of the molecule is O=[N+]([O-])c1ccc(N[C@H]2CC[C@H](Oc3ccnc(N4CCN(c5ccc(OC(F)(F)F)cc5)CC4)c3)CC2)cc1C(F)(F)F. The molecule has 1 saturated carbocycles. The molecule has 15 heteroatoms. The molecule has 5 rings (SSSR count). The number of aromatic nitrogens is 1. The molecule has 1 aromatic heterocycles. The smallest absolute Gasteiger partial charge is 0.490 e. The predicted molar refractivity (Wildman–Crippen MR) is 150 cm³/mol. The van der Waals surface area contributed by atoms with Gasteiger partial charge in [0.05, 0.1) is 11.0 Å². The lowest BCUT2D eigenvalue weighted by Gasteiger charge is -2.37. The Kier molecular flexibility index (Phi) is 8.92. The van der Waals surface area contributed by atoms with Gasteiger partial charge in [-0.1, -0.05) is 0 Å². The van der Waals surface area contributed by atoms with Crippen LogP contribution in [0.5, 0.6) is 11.5 Å². The molecule has 1 aliphatic carbocycles. The molecule has 0 atom stereocenters. The number of anilines is 3. The van der Waals surface area contributed by atoms with E-state index < -0.39 is 28.7 Å². The minimum Gasteiger partial charge on any atom is -0.490 e. The lowest BCUT2D eigenvalue weighted by molar-refractivity contribution is -0.388. The van der Waals surface area contributed by atoms with Gasteiger partial charge >= 0.3 is 12.5 Å². The molecular weight excluding hydrogens is 596 g/mol. The van der Waals surface area contributed by atoms with Crippen LogP contribution in [0.1, 0.15) is 31.2 Å². The number of piperazine rings is 1. The average molecular weight is 626 g/mol. The van der Waals surface area contributed by atoms with Crippen LogP contribution in [-0.2, 0) is 6.18 Å². The zero-order valence-electron chi connectivity index (χ0n) is 23.3. The van der Waals surface area contributed by atoms with Crippen LogP contribution >= 0.6 is 0 Å². The molecule has 0 amide bonds. The van der Waals surface area contributed by atoms with Crippen molar-refractivity contribution in [3.63, 3.8) is 0 Å². The third kappa shape index (κ3) is 7.94. The maximum Gasteiger partial charge on any atom is 0.573 e. The van der Waals surface area contributed by atoms with Crippen molar-refractivity contribution in [1.82, 2.24) is 4.98 Å². The molecule has 3 aromatic rings. The van der Waals surface area contributed by atoms with Crippen molar-refractivity contribution in [3.05, 3.63) is 76.5 Å². The second-order valence-electron chi connectivity index (χ2n) is 10.6. The van der Waals surface area contributed by atoms with E-state index in [0.717, 1.165) is 23.6 Å². The Balaban J connectivity index is 1.11. The first kappa shape index (κ1) is 31.0. The van der Waals surface area contributed by atoms with Crippen molar-refractivity contribution in [2.45, 2.75) is 50.4 Å². The van der Waals surface area contributed by atoms with E-state index in [-0.39, 0.29) is 23.6 Å². The molecule has 0 bridgehead atoms. The molecule has 0 radical (unpaired) electrons. The average Bonchev–Trinajstić information content (AvgIpc) is 2.97. The fraction of sp³-hybridized carbons (Fsp3) is 0.414. The summed E-state index contributed by atoms with van der Waals surface area (Å²) in [6.07, 6.45) is -5.38. The molecule has 0 unspecified atom stereocenters. The van der Waals surface area contributed by atoms with E-state index in [2.05, 4.69) is 24.8 Å². The zero-order chi connectivity index (χ0) is 31.5. The van der Waals surface area contributed by atoms with Crippen molar-refractivity contribution in [2.24, 2.45) is 0 Å². The highest BCUT2D eigenvalue weighted by Crippen LogP contribution is 2.38. The number of nitro benzene ring substituents is 1. The first-order valence-corrected chi connectivity index (χ1v) is 13.9. The molecule has 9 nitrogen and oxygen atoms in total. The van der Waals surface area contributed by atoms with Crippen LogP contribution in [0.3, 0.4) is 0 Å². The highest BCUT2D eigenvalue weighted by atomic mass is 19.4. The van der Waals surface area contributed by atoms with Crippen LogP contribution in [0.2, 0.25) is 0 Å². The predicted octanol–water partition coefficient (Wildman–Crippen LogP) is 7.04. The molecule has 44 heavy (non-hydrogen) atoms. The quantitative estimate of drug-likeness (QED) is 0.162. The molecule has 2 aromatic carbocycles. The minimum absolute atomic E-state index is 0.0907. The van der Waals surface area contributed by atoms with E-state index in [0.29, 0.717) is 57.6 Å². The zero-order valence-corrected chi connectivity index (χ0v) is 23.3. The van der Waals surface area contributed by atoms with Crippen molar-refractivity contribution in [1.29, 1.82) is 0 Å². The number of hydrogen-bond acceptors (Lipinski definition) is 8.